The molecule has 2 N–H and O–H groups in total. The Bertz CT molecular complexity index is 367. The lowest BCUT2D eigenvalue weighted by atomic mass is 10.1. The summed E-state index contributed by atoms with van der Waals surface area (Å²) >= 11 is 0. The smallest absolute Gasteiger partial charge is 0.232 e. The Labute approximate surface area is 104 Å². The van der Waals surface area contributed by atoms with Crippen molar-refractivity contribution in [1.82, 2.24) is 5.32 Å². The number of hydrogen-bond donors (Lipinski definition) is 2. The summed E-state index contributed by atoms with van der Waals surface area (Å²) in [5.41, 5.74) is 1.16. The quantitative estimate of drug-likeness (QED) is 0.725. The molecule has 4 nitrogen and oxygen atoms in total. The van der Waals surface area contributed by atoms with Gasteiger partial charge in [0.25, 0.3) is 0 Å². The standard InChI is InChI=1S/C12H17NO3S/c14-8-9-17(16)10-12(15)13-7-6-11-4-2-1-3-5-11/h1-5,14H,6-10H2,(H,13,15). The van der Waals surface area contributed by atoms with Crippen molar-refractivity contribution in [3.8, 4) is 0 Å². The molecule has 0 saturated carbocycles. The van der Waals surface area contributed by atoms with Crippen LogP contribution in [-0.4, -0.2) is 39.9 Å². The number of carbonyl (C=O) groups excluding carboxylic acids is 1. The van der Waals surface area contributed by atoms with Gasteiger partial charge in [-0.1, -0.05) is 30.3 Å². The second kappa shape index (κ2) is 7.97. The van der Waals surface area contributed by atoms with E-state index in [1.165, 1.54) is 0 Å². The summed E-state index contributed by atoms with van der Waals surface area (Å²) in [7, 11) is -1.26. The van der Waals surface area contributed by atoms with Crippen LogP contribution in [0.4, 0.5) is 0 Å². The number of hydrogen-bond acceptors (Lipinski definition) is 3. The molecule has 0 spiro atoms. The van der Waals surface area contributed by atoms with E-state index < -0.39 is 10.8 Å². The van der Waals surface area contributed by atoms with E-state index in [-0.39, 0.29) is 24.0 Å². The van der Waals surface area contributed by atoms with Crippen LogP contribution >= 0.6 is 0 Å². The molecule has 0 aliphatic rings. The van der Waals surface area contributed by atoms with Crippen LogP contribution in [-0.2, 0) is 22.0 Å². The third-order valence-electron chi connectivity index (χ3n) is 2.19. The second-order valence-electron chi connectivity index (χ2n) is 3.60. The summed E-state index contributed by atoms with van der Waals surface area (Å²) in [6, 6.07) is 9.84. The molecule has 1 aromatic rings. The molecule has 0 heterocycles. The van der Waals surface area contributed by atoms with Crippen molar-refractivity contribution in [3.05, 3.63) is 35.9 Å². The minimum atomic E-state index is -1.26. The van der Waals surface area contributed by atoms with Gasteiger partial charge in [-0.2, -0.15) is 0 Å². The summed E-state index contributed by atoms with van der Waals surface area (Å²) in [5, 5.41) is 11.3. The minimum absolute atomic E-state index is 0.0324. The van der Waals surface area contributed by atoms with Gasteiger partial charge in [-0.25, -0.2) is 0 Å². The van der Waals surface area contributed by atoms with Crippen molar-refractivity contribution in [2.45, 2.75) is 6.42 Å². The predicted octanol–water partition coefficient (Wildman–Crippen LogP) is 0.0863. The molecule has 1 atom stereocenters. The van der Waals surface area contributed by atoms with Crippen LogP contribution in [0.1, 0.15) is 5.56 Å². The molecule has 0 radical (unpaired) electrons. The topological polar surface area (TPSA) is 66.4 Å². The molecule has 0 aliphatic carbocycles. The molecule has 0 saturated heterocycles. The Morgan fingerprint density at radius 3 is 2.65 bits per heavy atom. The maximum absolute atomic E-state index is 11.3. The van der Waals surface area contributed by atoms with Gasteiger partial charge in [0, 0.05) is 23.1 Å². The lowest BCUT2D eigenvalue weighted by Crippen LogP contribution is -2.30. The fourth-order valence-electron chi connectivity index (χ4n) is 1.36. The number of aliphatic hydroxyl groups is 1. The lowest BCUT2D eigenvalue weighted by molar-refractivity contribution is -0.118. The first kappa shape index (κ1) is 13.9. The highest BCUT2D eigenvalue weighted by Crippen LogP contribution is 1.98. The van der Waals surface area contributed by atoms with Crippen molar-refractivity contribution in [2.75, 3.05) is 24.7 Å². The molecular weight excluding hydrogens is 238 g/mol. The van der Waals surface area contributed by atoms with Gasteiger partial charge in [-0.05, 0) is 12.0 Å². The Morgan fingerprint density at radius 2 is 2.00 bits per heavy atom. The van der Waals surface area contributed by atoms with Gasteiger partial charge >= 0.3 is 0 Å². The van der Waals surface area contributed by atoms with Crippen LogP contribution in [0.15, 0.2) is 30.3 Å². The van der Waals surface area contributed by atoms with Crippen LogP contribution in [0.5, 0.6) is 0 Å². The fraction of sp³-hybridized carbons (Fsp3) is 0.417. The van der Waals surface area contributed by atoms with Crippen molar-refractivity contribution < 1.29 is 14.1 Å². The zero-order valence-corrected chi connectivity index (χ0v) is 10.4. The van der Waals surface area contributed by atoms with Gasteiger partial charge in [0.2, 0.25) is 5.91 Å². The number of aliphatic hydroxyl groups excluding tert-OH is 1. The molecule has 1 amide bonds. The number of rotatable bonds is 7. The molecule has 5 heteroatoms. The Kier molecular flexibility index (Phi) is 6.50. The number of carbonyl (C=O) groups is 1. The predicted molar refractivity (Wildman–Crippen MR) is 68.1 cm³/mol. The number of benzene rings is 1. The molecular formula is C12H17NO3S. The normalized spacial score (nSPS) is 12.1. The second-order valence-corrected chi connectivity index (χ2v) is 5.17. The SMILES string of the molecule is O=C(CS(=O)CCO)NCCc1ccccc1. The maximum Gasteiger partial charge on any atom is 0.232 e. The molecule has 0 aromatic heterocycles. The van der Waals surface area contributed by atoms with Gasteiger partial charge in [0.15, 0.2) is 0 Å². The van der Waals surface area contributed by atoms with E-state index >= 15 is 0 Å². The molecule has 94 valence electrons. The molecule has 0 bridgehead atoms. The molecule has 1 unspecified atom stereocenters. The van der Waals surface area contributed by atoms with Crippen molar-refractivity contribution in [1.29, 1.82) is 0 Å². The largest absolute Gasteiger partial charge is 0.395 e. The van der Waals surface area contributed by atoms with E-state index in [9.17, 15) is 9.00 Å². The van der Waals surface area contributed by atoms with Crippen LogP contribution in [0.3, 0.4) is 0 Å². The molecule has 1 aromatic carbocycles. The molecule has 0 fully saturated rings. The first-order chi connectivity index (χ1) is 8.22. The summed E-state index contributed by atoms with van der Waals surface area (Å²) < 4.78 is 11.2. The molecule has 17 heavy (non-hydrogen) atoms. The summed E-state index contributed by atoms with van der Waals surface area (Å²) in [6.07, 6.45) is 0.763. The summed E-state index contributed by atoms with van der Waals surface area (Å²) in [4.78, 5) is 11.3. The van der Waals surface area contributed by atoms with Gasteiger partial charge < -0.3 is 10.4 Å². The molecule has 1 rings (SSSR count). The fourth-order valence-corrected chi connectivity index (χ4v) is 2.10. The van der Waals surface area contributed by atoms with Crippen LogP contribution in [0, 0.1) is 0 Å². The average molecular weight is 255 g/mol. The third kappa shape index (κ3) is 6.19. The Hall–Kier alpha value is -1.20. The van der Waals surface area contributed by atoms with E-state index in [1.54, 1.807) is 0 Å². The summed E-state index contributed by atoms with van der Waals surface area (Å²) in [5.74, 6) is -0.103. The first-order valence-corrected chi connectivity index (χ1v) is 6.97. The van der Waals surface area contributed by atoms with Crippen molar-refractivity contribution in [3.63, 3.8) is 0 Å². The van der Waals surface area contributed by atoms with Crippen molar-refractivity contribution in [2.24, 2.45) is 0 Å². The monoisotopic (exact) mass is 255 g/mol. The Morgan fingerprint density at radius 1 is 1.29 bits per heavy atom. The van der Waals surface area contributed by atoms with E-state index in [0.717, 1.165) is 12.0 Å². The lowest BCUT2D eigenvalue weighted by Gasteiger charge is -2.04. The van der Waals surface area contributed by atoms with Gasteiger partial charge in [0.05, 0.1) is 6.61 Å². The van der Waals surface area contributed by atoms with E-state index in [1.807, 2.05) is 30.3 Å². The van der Waals surface area contributed by atoms with Gasteiger partial charge in [-0.3, -0.25) is 9.00 Å². The van der Waals surface area contributed by atoms with Crippen molar-refractivity contribution >= 4 is 16.7 Å². The Balaban J connectivity index is 2.18. The first-order valence-electron chi connectivity index (χ1n) is 5.49. The van der Waals surface area contributed by atoms with E-state index in [2.05, 4.69) is 5.32 Å². The zero-order chi connectivity index (χ0) is 12.5. The van der Waals surface area contributed by atoms with Gasteiger partial charge in [-0.15, -0.1) is 0 Å². The van der Waals surface area contributed by atoms with E-state index in [0.29, 0.717) is 6.54 Å². The van der Waals surface area contributed by atoms with Gasteiger partial charge in [0.1, 0.15) is 5.75 Å². The van der Waals surface area contributed by atoms with Crippen LogP contribution in [0.25, 0.3) is 0 Å². The average Bonchev–Trinajstić information content (AvgIpc) is 2.30. The third-order valence-corrected chi connectivity index (χ3v) is 3.41. The maximum atomic E-state index is 11.3. The highest BCUT2D eigenvalue weighted by atomic mass is 32.2. The summed E-state index contributed by atoms with van der Waals surface area (Å²) in [6.45, 7) is 0.392. The minimum Gasteiger partial charge on any atom is -0.395 e. The van der Waals surface area contributed by atoms with Crippen LogP contribution < -0.4 is 5.32 Å². The zero-order valence-electron chi connectivity index (χ0n) is 9.59. The van der Waals surface area contributed by atoms with E-state index in [4.69, 9.17) is 5.11 Å². The number of nitrogens with one attached hydrogen (secondary N) is 1. The molecule has 0 aliphatic heterocycles. The number of amides is 1. The highest BCUT2D eigenvalue weighted by Gasteiger charge is 2.06. The highest BCUT2D eigenvalue weighted by molar-refractivity contribution is 7.85. The van der Waals surface area contributed by atoms with Crippen LogP contribution in [0.2, 0.25) is 0 Å².